The molecule has 0 aliphatic rings. The topological polar surface area (TPSA) is 34.4 Å². The Hall–Kier alpha value is -2.29. The quantitative estimate of drug-likeness (QED) is 0.477. The summed E-state index contributed by atoms with van der Waals surface area (Å²) >= 11 is 3.26. The summed E-state index contributed by atoms with van der Waals surface area (Å²) in [6.45, 7) is 6.72. The molecule has 0 unspecified atom stereocenters. The van der Waals surface area contributed by atoms with Gasteiger partial charge in [-0.05, 0) is 48.9 Å². The zero-order chi connectivity index (χ0) is 18.7. The summed E-state index contributed by atoms with van der Waals surface area (Å²) in [6.07, 6.45) is 5.51. The largest absolute Gasteiger partial charge is 0.305 e. The van der Waals surface area contributed by atoms with Crippen molar-refractivity contribution < 1.29 is 4.79 Å². The highest BCUT2D eigenvalue weighted by Gasteiger charge is 2.09. The standard InChI is InChI=1S/C21H20N2OS2/c1-5-12-23-18-11-6-15(4)13-19(18)26-21(23)22-20(24)16-7-9-17(10-8-16)25-14(2)3/h1,6-11,13-14H,12H2,2-4H3. The van der Waals surface area contributed by atoms with Gasteiger partial charge in [-0.25, -0.2) is 0 Å². The van der Waals surface area contributed by atoms with E-state index in [1.165, 1.54) is 16.9 Å². The van der Waals surface area contributed by atoms with Crippen molar-refractivity contribution in [2.45, 2.75) is 37.5 Å². The zero-order valence-corrected chi connectivity index (χ0v) is 16.7. The van der Waals surface area contributed by atoms with Crippen LogP contribution in [-0.2, 0) is 6.54 Å². The zero-order valence-electron chi connectivity index (χ0n) is 15.0. The van der Waals surface area contributed by atoms with E-state index in [4.69, 9.17) is 6.42 Å². The van der Waals surface area contributed by atoms with Crippen molar-refractivity contribution >= 4 is 39.2 Å². The number of aromatic nitrogens is 1. The molecule has 0 atom stereocenters. The third-order valence-corrected chi connectivity index (χ3v) is 5.81. The molecule has 0 spiro atoms. The summed E-state index contributed by atoms with van der Waals surface area (Å²) in [5.74, 6) is 2.40. The summed E-state index contributed by atoms with van der Waals surface area (Å²) in [7, 11) is 0. The summed E-state index contributed by atoms with van der Waals surface area (Å²) < 4.78 is 3.00. The molecule has 0 aliphatic carbocycles. The fraction of sp³-hybridized carbons (Fsp3) is 0.238. The third kappa shape index (κ3) is 4.09. The summed E-state index contributed by atoms with van der Waals surface area (Å²) in [6, 6.07) is 13.8. The van der Waals surface area contributed by atoms with E-state index in [1.807, 2.05) is 47.9 Å². The van der Waals surface area contributed by atoms with Gasteiger partial charge in [0.2, 0.25) is 0 Å². The van der Waals surface area contributed by atoms with Crippen LogP contribution in [0.15, 0.2) is 52.4 Å². The SMILES string of the molecule is C#CCn1c(=NC(=O)c2ccc(SC(C)C)cc2)sc2cc(C)ccc21. The molecule has 2 aromatic carbocycles. The van der Waals surface area contributed by atoms with Gasteiger partial charge in [-0.15, -0.1) is 18.2 Å². The Morgan fingerprint density at radius 3 is 2.65 bits per heavy atom. The van der Waals surface area contributed by atoms with Crippen LogP contribution >= 0.6 is 23.1 Å². The van der Waals surface area contributed by atoms with E-state index in [-0.39, 0.29) is 5.91 Å². The maximum atomic E-state index is 12.6. The molecule has 1 heterocycles. The molecule has 0 fully saturated rings. The monoisotopic (exact) mass is 380 g/mol. The molecule has 5 heteroatoms. The number of amides is 1. The number of benzene rings is 2. The van der Waals surface area contributed by atoms with Crippen LogP contribution in [0.3, 0.4) is 0 Å². The number of carbonyl (C=O) groups excluding carboxylic acids is 1. The van der Waals surface area contributed by atoms with Crippen molar-refractivity contribution in [3.05, 3.63) is 58.4 Å². The lowest BCUT2D eigenvalue weighted by molar-refractivity contribution is 0.0998. The lowest BCUT2D eigenvalue weighted by atomic mass is 10.2. The Kier molecular flexibility index (Phi) is 5.65. The van der Waals surface area contributed by atoms with Gasteiger partial charge in [0.25, 0.3) is 5.91 Å². The Balaban J connectivity index is 1.99. The molecule has 0 aliphatic heterocycles. The molecule has 3 rings (SSSR count). The number of terminal acetylenes is 1. The third-order valence-electron chi connectivity index (χ3n) is 3.76. The van der Waals surface area contributed by atoms with E-state index >= 15 is 0 Å². The minimum Gasteiger partial charge on any atom is -0.305 e. The van der Waals surface area contributed by atoms with E-state index in [1.54, 1.807) is 11.8 Å². The van der Waals surface area contributed by atoms with Gasteiger partial charge < -0.3 is 4.57 Å². The number of rotatable bonds is 4. The van der Waals surface area contributed by atoms with E-state index in [0.717, 1.165) is 15.1 Å². The van der Waals surface area contributed by atoms with E-state index in [9.17, 15) is 4.79 Å². The highest BCUT2D eigenvalue weighted by molar-refractivity contribution is 7.99. The lowest BCUT2D eigenvalue weighted by Crippen LogP contribution is -2.16. The molecular formula is C21H20N2OS2. The van der Waals surface area contributed by atoms with Crippen LogP contribution in [0.25, 0.3) is 10.2 Å². The van der Waals surface area contributed by atoms with Gasteiger partial charge in [-0.1, -0.05) is 37.2 Å². The van der Waals surface area contributed by atoms with Crippen molar-refractivity contribution in [2.24, 2.45) is 4.99 Å². The minimum atomic E-state index is -0.250. The maximum Gasteiger partial charge on any atom is 0.279 e. The molecule has 3 aromatic rings. The Labute approximate surface area is 161 Å². The molecule has 0 saturated heterocycles. The highest BCUT2D eigenvalue weighted by Crippen LogP contribution is 2.23. The molecule has 1 aromatic heterocycles. The number of nitrogens with zero attached hydrogens (tertiary/aromatic N) is 2. The van der Waals surface area contributed by atoms with Crippen LogP contribution < -0.4 is 4.80 Å². The van der Waals surface area contributed by atoms with Crippen LogP contribution in [0.2, 0.25) is 0 Å². The Morgan fingerprint density at radius 1 is 1.27 bits per heavy atom. The van der Waals surface area contributed by atoms with Crippen molar-refractivity contribution in [2.75, 3.05) is 0 Å². The predicted octanol–water partition coefficient (Wildman–Crippen LogP) is 4.89. The maximum absolute atomic E-state index is 12.6. The first-order valence-corrected chi connectivity index (χ1v) is 10.1. The molecule has 132 valence electrons. The lowest BCUT2D eigenvalue weighted by Gasteiger charge is -2.04. The first kappa shape index (κ1) is 18.5. The van der Waals surface area contributed by atoms with Crippen molar-refractivity contribution in [3.8, 4) is 12.3 Å². The van der Waals surface area contributed by atoms with Crippen LogP contribution in [0, 0.1) is 19.3 Å². The molecule has 0 N–H and O–H groups in total. The number of carbonyl (C=O) groups is 1. The van der Waals surface area contributed by atoms with Crippen molar-refractivity contribution in [1.82, 2.24) is 4.57 Å². The fourth-order valence-electron chi connectivity index (χ4n) is 2.61. The first-order valence-electron chi connectivity index (χ1n) is 8.37. The minimum absolute atomic E-state index is 0.250. The number of hydrogen-bond acceptors (Lipinski definition) is 3. The highest BCUT2D eigenvalue weighted by atomic mass is 32.2. The molecule has 3 nitrogen and oxygen atoms in total. The Morgan fingerprint density at radius 2 is 2.00 bits per heavy atom. The average molecular weight is 381 g/mol. The Bertz CT molecular complexity index is 1050. The summed E-state index contributed by atoms with van der Waals surface area (Å²) in [5.41, 5.74) is 2.76. The molecule has 26 heavy (non-hydrogen) atoms. The number of thiazole rings is 1. The van der Waals surface area contributed by atoms with Gasteiger partial charge in [0.1, 0.15) is 0 Å². The molecule has 0 bridgehead atoms. The summed E-state index contributed by atoms with van der Waals surface area (Å²) in [5, 5.41) is 0.506. The van der Waals surface area contributed by atoms with Gasteiger partial charge in [-0.2, -0.15) is 4.99 Å². The van der Waals surface area contributed by atoms with Crippen molar-refractivity contribution in [1.29, 1.82) is 0 Å². The van der Waals surface area contributed by atoms with E-state index in [2.05, 4.69) is 30.8 Å². The molecule has 0 saturated carbocycles. The van der Waals surface area contributed by atoms with Crippen LogP contribution in [-0.4, -0.2) is 15.7 Å². The second kappa shape index (κ2) is 7.94. The normalized spacial score (nSPS) is 11.9. The fourth-order valence-corrected chi connectivity index (χ4v) is 4.57. The van der Waals surface area contributed by atoms with Crippen LogP contribution in [0.5, 0.6) is 0 Å². The van der Waals surface area contributed by atoms with Crippen LogP contribution in [0.1, 0.15) is 29.8 Å². The second-order valence-electron chi connectivity index (χ2n) is 6.25. The van der Waals surface area contributed by atoms with Gasteiger partial charge >= 0.3 is 0 Å². The summed E-state index contributed by atoms with van der Waals surface area (Å²) in [4.78, 5) is 18.7. The van der Waals surface area contributed by atoms with Crippen molar-refractivity contribution in [3.63, 3.8) is 0 Å². The van der Waals surface area contributed by atoms with Gasteiger partial charge in [0.05, 0.1) is 16.8 Å². The number of thioether (sulfide) groups is 1. The second-order valence-corrected chi connectivity index (χ2v) is 8.91. The van der Waals surface area contributed by atoms with Crippen LogP contribution in [0.4, 0.5) is 0 Å². The molecule has 1 amide bonds. The number of fused-ring (bicyclic) bond motifs is 1. The molecular weight excluding hydrogens is 360 g/mol. The van der Waals surface area contributed by atoms with E-state index in [0.29, 0.717) is 22.2 Å². The van der Waals surface area contributed by atoms with Gasteiger partial charge in [0.15, 0.2) is 4.80 Å². The number of hydrogen-bond donors (Lipinski definition) is 0. The first-order chi connectivity index (χ1) is 12.5. The van der Waals surface area contributed by atoms with E-state index < -0.39 is 0 Å². The van der Waals surface area contributed by atoms with Gasteiger partial charge in [0, 0.05) is 15.7 Å². The average Bonchev–Trinajstić information content (AvgIpc) is 2.91. The number of aryl methyl sites for hydroxylation is 1. The van der Waals surface area contributed by atoms with Gasteiger partial charge in [-0.3, -0.25) is 4.79 Å². The smallest absolute Gasteiger partial charge is 0.279 e. The molecule has 0 radical (unpaired) electrons. The predicted molar refractivity (Wildman–Crippen MR) is 111 cm³/mol.